The number of nitrogens with one attached hydrogen (secondary N) is 3. The summed E-state index contributed by atoms with van der Waals surface area (Å²) in [6.45, 7) is 4.10. The minimum Gasteiger partial charge on any atom is -0.357 e. The summed E-state index contributed by atoms with van der Waals surface area (Å²) in [6, 6.07) is 22.8. The van der Waals surface area contributed by atoms with Crippen molar-refractivity contribution < 1.29 is 4.79 Å². The molecule has 6 heteroatoms. The van der Waals surface area contributed by atoms with Crippen molar-refractivity contribution in [3.63, 3.8) is 0 Å². The summed E-state index contributed by atoms with van der Waals surface area (Å²) in [5, 5.41) is 12.1. The van der Waals surface area contributed by atoms with Crippen LogP contribution in [-0.2, 0) is 11.3 Å². The maximum Gasteiger partial charge on any atom is 0.225 e. The molecule has 0 saturated heterocycles. The molecule has 1 amide bonds. The number of hydrogen-bond donors (Lipinski definition) is 3. The highest BCUT2D eigenvalue weighted by atomic mass is 127. The van der Waals surface area contributed by atoms with Gasteiger partial charge in [0.15, 0.2) is 5.96 Å². The average molecular weight is 514 g/mol. The number of carbonyl (C=O) groups is 1. The van der Waals surface area contributed by atoms with Gasteiger partial charge in [0.2, 0.25) is 5.91 Å². The third kappa shape index (κ3) is 5.30. The Morgan fingerprint density at radius 1 is 1.03 bits per heavy atom. The van der Waals surface area contributed by atoms with Crippen molar-refractivity contribution >= 4 is 52.3 Å². The number of halogens is 1. The number of benzene rings is 3. The van der Waals surface area contributed by atoms with Crippen LogP contribution in [0.3, 0.4) is 0 Å². The second-order valence-electron chi connectivity index (χ2n) is 7.29. The number of rotatable bonds is 5. The SMILES string of the molecule is CCNC(=NCc1ccc2ccccc2c1)NCC1CC(=O)Nc2ccccc21.I. The Balaban J connectivity index is 0.00000256. The molecule has 3 aromatic carbocycles. The third-order valence-corrected chi connectivity index (χ3v) is 5.20. The molecule has 0 saturated carbocycles. The van der Waals surface area contributed by atoms with Gasteiger partial charge in [-0.2, -0.15) is 0 Å². The summed E-state index contributed by atoms with van der Waals surface area (Å²) >= 11 is 0. The molecule has 1 aliphatic rings. The van der Waals surface area contributed by atoms with E-state index in [0.29, 0.717) is 19.5 Å². The summed E-state index contributed by atoms with van der Waals surface area (Å²) in [6.07, 6.45) is 0.480. The maximum atomic E-state index is 12.0. The van der Waals surface area contributed by atoms with E-state index in [4.69, 9.17) is 4.99 Å². The van der Waals surface area contributed by atoms with Crippen LogP contribution in [0.15, 0.2) is 71.7 Å². The van der Waals surface area contributed by atoms with Crippen molar-refractivity contribution in [2.45, 2.75) is 25.8 Å². The number of anilines is 1. The zero-order chi connectivity index (χ0) is 20.1. The molecule has 0 aliphatic carbocycles. The van der Waals surface area contributed by atoms with Crippen LogP contribution in [0.25, 0.3) is 10.8 Å². The molecule has 1 heterocycles. The van der Waals surface area contributed by atoms with Gasteiger partial charge in [-0.15, -0.1) is 24.0 Å². The smallest absolute Gasteiger partial charge is 0.225 e. The van der Waals surface area contributed by atoms with E-state index in [-0.39, 0.29) is 35.8 Å². The lowest BCUT2D eigenvalue weighted by atomic mass is 9.90. The van der Waals surface area contributed by atoms with Gasteiger partial charge in [-0.1, -0.05) is 54.6 Å². The van der Waals surface area contributed by atoms with Crippen LogP contribution < -0.4 is 16.0 Å². The fourth-order valence-electron chi connectivity index (χ4n) is 3.75. The summed E-state index contributed by atoms with van der Waals surface area (Å²) in [5.74, 6) is 0.960. The maximum absolute atomic E-state index is 12.0. The van der Waals surface area contributed by atoms with E-state index in [1.165, 1.54) is 21.9 Å². The molecular formula is C24H27IN4O. The van der Waals surface area contributed by atoms with Crippen molar-refractivity contribution in [1.82, 2.24) is 10.6 Å². The largest absolute Gasteiger partial charge is 0.357 e. The first-order valence-corrected chi connectivity index (χ1v) is 10.1. The molecule has 0 radical (unpaired) electrons. The van der Waals surface area contributed by atoms with E-state index in [1.807, 2.05) is 18.2 Å². The zero-order valence-corrected chi connectivity index (χ0v) is 19.4. The Morgan fingerprint density at radius 3 is 2.63 bits per heavy atom. The number of carbonyl (C=O) groups excluding carboxylic acids is 1. The molecule has 1 unspecified atom stereocenters. The van der Waals surface area contributed by atoms with Crippen LogP contribution >= 0.6 is 24.0 Å². The minimum absolute atomic E-state index is 0. The number of aliphatic imine (C=N–C) groups is 1. The quantitative estimate of drug-likeness (QED) is 0.264. The zero-order valence-electron chi connectivity index (χ0n) is 17.0. The van der Waals surface area contributed by atoms with Crippen LogP contribution in [0.1, 0.15) is 30.4 Å². The van der Waals surface area contributed by atoms with Crippen molar-refractivity contribution in [3.8, 4) is 0 Å². The normalized spacial score (nSPS) is 15.7. The number of para-hydroxylation sites is 1. The number of guanidine groups is 1. The molecule has 30 heavy (non-hydrogen) atoms. The first kappa shape index (κ1) is 22.1. The van der Waals surface area contributed by atoms with E-state index in [0.717, 1.165) is 18.2 Å². The summed E-state index contributed by atoms with van der Waals surface area (Å²) in [5.41, 5.74) is 3.25. The van der Waals surface area contributed by atoms with Gasteiger partial charge in [0.05, 0.1) is 6.54 Å². The van der Waals surface area contributed by atoms with Gasteiger partial charge in [-0.25, -0.2) is 4.99 Å². The number of amides is 1. The Hall–Kier alpha value is -2.61. The number of nitrogens with zero attached hydrogens (tertiary/aromatic N) is 1. The molecule has 0 spiro atoms. The van der Waals surface area contributed by atoms with E-state index in [1.54, 1.807) is 0 Å². The molecule has 3 aromatic rings. The van der Waals surface area contributed by atoms with Crippen LogP contribution in [0.4, 0.5) is 5.69 Å². The van der Waals surface area contributed by atoms with Crippen LogP contribution in [0.5, 0.6) is 0 Å². The molecule has 0 aromatic heterocycles. The van der Waals surface area contributed by atoms with Gasteiger partial charge < -0.3 is 16.0 Å². The highest BCUT2D eigenvalue weighted by Crippen LogP contribution is 2.31. The van der Waals surface area contributed by atoms with Crippen molar-refractivity contribution in [3.05, 3.63) is 77.9 Å². The molecular weight excluding hydrogens is 487 g/mol. The Labute approximate surface area is 194 Å². The van der Waals surface area contributed by atoms with E-state index < -0.39 is 0 Å². The van der Waals surface area contributed by atoms with E-state index >= 15 is 0 Å². The molecule has 0 fully saturated rings. The Morgan fingerprint density at radius 2 is 1.80 bits per heavy atom. The number of fused-ring (bicyclic) bond motifs is 2. The first-order valence-electron chi connectivity index (χ1n) is 10.1. The third-order valence-electron chi connectivity index (χ3n) is 5.20. The van der Waals surface area contributed by atoms with Gasteiger partial charge in [-0.05, 0) is 41.0 Å². The first-order chi connectivity index (χ1) is 14.2. The molecule has 1 atom stereocenters. The molecule has 5 nitrogen and oxygen atoms in total. The average Bonchev–Trinajstić information content (AvgIpc) is 2.75. The second-order valence-corrected chi connectivity index (χ2v) is 7.29. The van der Waals surface area contributed by atoms with E-state index in [2.05, 4.69) is 71.4 Å². The summed E-state index contributed by atoms with van der Waals surface area (Å²) in [4.78, 5) is 16.8. The summed E-state index contributed by atoms with van der Waals surface area (Å²) < 4.78 is 0. The van der Waals surface area contributed by atoms with Crippen LogP contribution in [0.2, 0.25) is 0 Å². The Bertz CT molecular complexity index is 1050. The van der Waals surface area contributed by atoms with Crippen molar-refractivity contribution in [2.24, 2.45) is 4.99 Å². The highest BCUT2D eigenvalue weighted by Gasteiger charge is 2.24. The predicted octanol–water partition coefficient (Wildman–Crippen LogP) is 4.64. The fourth-order valence-corrected chi connectivity index (χ4v) is 3.75. The van der Waals surface area contributed by atoms with Gasteiger partial charge in [0.25, 0.3) is 0 Å². The molecule has 1 aliphatic heterocycles. The van der Waals surface area contributed by atoms with Crippen LogP contribution in [0, 0.1) is 0 Å². The standard InChI is InChI=1S/C24H26N4O.HI/c1-2-25-24(26-15-17-11-12-18-7-3-4-8-19(18)13-17)27-16-20-14-23(29)28-22-10-6-5-9-21(20)22;/h3-13,20H,2,14-16H2,1H3,(H,28,29)(H2,25,26,27);1H. The summed E-state index contributed by atoms with van der Waals surface area (Å²) in [7, 11) is 0. The highest BCUT2D eigenvalue weighted by molar-refractivity contribution is 14.0. The lowest BCUT2D eigenvalue weighted by Gasteiger charge is -2.26. The molecule has 0 bridgehead atoms. The molecule has 156 valence electrons. The van der Waals surface area contributed by atoms with Crippen molar-refractivity contribution in [2.75, 3.05) is 18.4 Å². The van der Waals surface area contributed by atoms with Gasteiger partial charge in [0.1, 0.15) is 0 Å². The fraction of sp³-hybridized carbons (Fsp3) is 0.250. The lowest BCUT2D eigenvalue weighted by Crippen LogP contribution is -2.40. The Kier molecular flexibility index (Phi) is 7.68. The topological polar surface area (TPSA) is 65.5 Å². The minimum atomic E-state index is 0. The number of hydrogen-bond acceptors (Lipinski definition) is 2. The second kappa shape index (κ2) is 10.4. The molecule has 4 rings (SSSR count). The van der Waals surface area contributed by atoms with E-state index in [9.17, 15) is 4.79 Å². The van der Waals surface area contributed by atoms with Gasteiger partial charge in [0, 0.05) is 31.1 Å². The van der Waals surface area contributed by atoms with Crippen LogP contribution in [-0.4, -0.2) is 25.0 Å². The van der Waals surface area contributed by atoms with Crippen molar-refractivity contribution in [1.29, 1.82) is 0 Å². The monoisotopic (exact) mass is 514 g/mol. The van der Waals surface area contributed by atoms with Gasteiger partial charge >= 0.3 is 0 Å². The molecule has 3 N–H and O–H groups in total. The van der Waals surface area contributed by atoms with Gasteiger partial charge in [-0.3, -0.25) is 4.79 Å². The predicted molar refractivity (Wildman–Crippen MR) is 135 cm³/mol. The lowest BCUT2D eigenvalue weighted by molar-refractivity contribution is -0.116.